The van der Waals surface area contributed by atoms with Crippen molar-refractivity contribution in [2.45, 2.75) is 26.7 Å². The summed E-state index contributed by atoms with van der Waals surface area (Å²) in [4.78, 5) is 24.6. The van der Waals surface area contributed by atoms with Crippen LogP contribution in [-0.2, 0) is 24.7 Å². The van der Waals surface area contributed by atoms with Gasteiger partial charge >= 0.3 is 0 Å². The molecule has 0 aliphatic rings. The number of aromatic nitrogens is 2. The third-order valence-electron chi connectivity index (χ3n) is 4.37. The lowest BCUT2D eigenvalue weighted by molar-refractivity contribution is -0.117. The average molecular weight is 320 g/mol. The fourth-order valence-electron chi connectivity index (χ4n) is 2.90. The molecule has 0 spiro atoms. The molecular formula is C20H20N2O2. The molecule has 0 aliphatic carbocycles. The quantitative estimate of drug-likeness (QED) is 0.743. The van der Waals surface area contributed by atoms with Crippen molar-refractivity contribution >= 4 is 16.6 Å². The number of hydrogen-bond donors (Lipinski definition) is 0. The molecule has 4 heteroatoms. The van der Waals surface area contributed by atoms with Gasteiger partial charge < -0.3 is 0 Å². The third kappa shape index (κ3) is 3.13. The highest BCUT2D eigenvalue weighted by molar-refractivity contribution is 5.90. The number of carbonyl (C=O) groups excluding carboxylic acids is 1. The van der Waals surface area contributed by atoms with Crippen LogP contribution in [0.2, 0.25) is 0 Å². The topological polar surface area (TPSA) is 52.0 Å². The van der Waals surface area contributed by atoms with Crippen LogP contribution in [0, 0.1) is 13.8 Å². The van der Waals surface area contributed by atoms with Gasteiger partial charge in [0.1, 0.15) is 5.78 Å². The SMILES string of the molecule is Cc1ccc(CC(=O)Cc2nn(C)c(=O)c3ccccc23)cc1C. The first-order chi connectivity index (χ1) is 11.5. The molecule has 1 aromatic heterocycles. The Hall–Kier alpha value is -2.75. The Balaban J connectivity index is 1.89. The van der Waals surface area contributed by atoms with Crippen LogP contribution in [0.3, 0.4) is 0 Å². The van der Waals surface area contributed by atoms with Crippen LogP contribution in [0.4, 0.5) is 0 Å². The van der Waals surface area contributed by atoms with E-state index in [1.165, 1.54) is 15.8 Å². The lowest BCUT2D eigenvalue weighted by Gasteiger charge is -2.08. The fraction of sp³-hybridized carbons (Fsp3) is 0.250. The van der Waals surface area contributed by atoms with Crippen LogP contribution in [-0.4, -0.2) is 15.6 Å². The maximum atomic E-state index is 12.5. The predicted molar refractivity (Wildman–Crippen MR) is 95.3 cm³/mol. The molecule has 0 atom stereocenters. The molecule has 0 radical (unpaired) electrons. The van der Waals surface area contributed by atoms with Gasteiger partial charge in [-0.15, -0.1) is 0 Å². The Morgan fingerprint density at radius 2 is 1.71 bits per heavy atom. The maximum Gasteiger partial charge on any atom is 0.274 e. The maximum absolute atomic E-state index is 12.5. The van der Waals surface area contributed by atoms with Gasteiger partial charge in [-0.25, -0.2) is 4.68 Å². The first-order valence-electron chi connectivity index (χ1n) is 7.98. The third-order valence-corrected chi connectivity index (χ3v) is 4.37. The zero-order chi connectivity index (χ0) is 17.3. The molecule has 3 rings (SSSR count). The van der Waals surface area contributed by atoms with Crippen molar-refractivity contribution in [1.82, 2.24) is 9.78 Å². The first-order valence-corrected chi connectivity index (χ1v) is 7.98. The standard InChI is InChI=1S/C20H20N2O2/c1-13-8-9-15(10-14(13)2)11-16(23)12-19-17-6-4-5-7-18(17)20(24)22(3)21-19/h4-10H,11-12H2,1-3H3. The van der Waals surface area contributed by atoms with E-state index in [9.17, 15) is 9.59 Å². The molecule has 0 N–H and O–H groups in total. The molecule has 3 aromatic rings. The molecule has 0 saturated heterocycles. The summed E-state index contributed by atoms with van der Waals surface area (Å²) in [6.45, 7) is 4.10. The van der Waals surface area contributed by atoms with E-state index in [1.807, 2.05) is 37.3 Å². The zero-order valence-corrected chi connectivity index (χ0v) is 14.2. The minimum Gasteiger partial charge on any atom is -0.299 e. The Labute approximate surface area is 140 Å². The molecule has 2 aromatic carbocycles. The van der Waals surface area contributed by atoms with E-state index in [0.29, 0.717) is 17.5 Å². The number of Topliss-reactive ketones (excluding diaryl/α,β-unsaturated/α-hetero) is 1. The molecule has 0 amide bonds. The van der Waals surface area contributed by atoms with Crippen LogP contribution in [0.1, 0.15) is 22.4 Å². The summed E-state index contributed by atoms with van der Waals surface area (Å²) in [6.07, 6.45) is 0.599. The van der Waals surface area contributed by atoms with E-state index in [4.69, 9.17) is 0 Å². The number of hydrogen-bond acceptors (Lipinski definition) is 3. The molecule has 122 valence electrons. The number of nitrogens with zero attached hydrogens (tertiary/aromatic N) is 2. The smallest absolute Gasteiger partial charge is 0.274 e. The lowest BCUT2D eigenvalue weighted by Crippen LogP contribution is -2.22. The summed E-state index contributed by atoms with van der Waals surface area (Å²) in [5.41, 5.74) is 3.93. The molecule has 0 unspecified atom stereocenters. The second-order valence-electron chi connectivity index (χ2n) is 6.23. The van der Waals surface area contributed by atoms with Crippen molar-refractivity contribution in [3.8, 4) is 0 Å². The molecule has 0 fully saturated rings. The predicted octanol–water partition coefficient (Wildman–Crippen LogP) is 2.90. The van der Waals surface area contributed by atoms with Gasteiger partial charge in [0.2, 0.25) is 0 Å². The Kier molecular flexibility index (Phi) is 4.30. The van der Waals surface area contributed by atoms with Crippen LogP contribution in [0.15, 0.2) is 47.3 Å². The van der Waals surface area contributed by atoms with E-state index >= 15 is 0 Å². The summed E-state index contributed by atoms with van der Waals surface area (Å²) in [7, 11) is 1.62. The van der Waals surface area contributed by atoms with Crippen molar-refractivity contribution in [2.24, 2.45) is 7.05 Å². The van der Waals surface area contributed by atoms with E-state index in [0.717, 1.165) is 10.9 Å². The summed E-state index contributed by atoms with van der Waals surface area (Å²) in [5, 5.41) is 5.66. The van der Waals surface area contributed by atoms with Crippen molar-refractivity contribution < 1.29 is 4.79 Å². The van der Waals surface area contributed by atoms with E-state index in [-0.39, 0.29) is 17.8 Å². The van der Waals surface area contributed by atoms with Crippen molar-refractivity contribution in [1.29, 1.82) is 0 Å². The van der Waals surface area contributed by atoms with Gasteiger partial charge in [-0.1, -0.05) is 36.4 Å². The Morgan fingerprint density at radius 3 is 2.42 bits per heavy atom. The largest absolute Gasteiger partial charge is 0.299 e. The van der Waals surface area contributed by atoms with Gasteiger partial charge in [0.25, 0.3) is 5.56 Å². The fourth-order valence-corrected chi connectivity index (χ4v) is 2.90. The number of ketones is 1. The number of aryl methyl sites for hydroxylation is 3. The summed E-state index contributed by atoms with van der Waals surface area (Å²) in [5.74, 6) is 0.0922. The Bertz CT molecular complexity index is 987. The summed E-state index contributed by atoms with van der Waals surface area (Å²) in [6, 6.07) is 13.4. The summed E-state index contributed by atoms with van der Waals surface area (Å²) < 4.78 is 1.31. The van der Waals surface area contributed by atoms with Crippen LogP contribution < -0.4 is 5.56 Å². The molecule has 4 nitrogen and oxygen atoms in total. The number of benzene rings is 2. The highest BCUT2D eigenvalue weighted by Gasteiger charge is 2.13. The van der Waals surface area contributed by atoms with Crippen LogP contribution in [0.5, 0.6) is 0 Å². The zero-order valence-electron chi connectivity index (χ0n) is 14.2. The monoisotopic (exact) mass is 320 g/mol. The molecule has 0 bridgehead atoms. The number of fused-ring (bicyclic) bond motifs is 1. The van der Waals surface area contributed by atoms with Crippen molar-refractivity contribution in [2.75, 3.05) is 0 Å². The first kappa shape index (κ1) is 16.1. The highest BCUT2D eigenvalue weighted by atomic mass is 16.1. The van der Waals surface area contributed by atoms with Crippen molar-refractivity contribution in [3.05, 3.63) is 75.2 Å². The molecule has 0 aliphatic heterocycles. The van der Waals surface area contributed by atoms with E-state index < -0.39 is 0 Å². The van der Waals surface area contributed by atoms with Gasteiger partial charge in [0.05, 0.1) is 17.5 Å². The summed E-state index contributed by atoms with van der Waals surface area (Å²) >= 11 is 0. The van der Waals surface area contributed by atoms with Crippen molar-refractivity contribution in [3.63, 3.8) is 0 Å². The Morgan fingerprint density at radius 1 is 1.00 bits per heavy atom. The molecular weight excluding hydrogens is 300 g/mol. The second kappa shape index (κ2) is 6.40. The highest BCUT2D eigenvalue weighted by Crippen LogP contribution is 2.15. The minimum atomic E-state index is -0.143. The van der Waals surface area contributed by atoms with Crippen LogP contribution >= 0.6 is 0 Å². The second-order valence-corrected chi connectivity index (χ2v) is 6.23. The number of rotatable bonds is 4. The average Bonchev–Trinajstić information content (AvgIpc) is 2.56. The molecule has 0 saturated carbocycles. The lowest BCUT2D eigenvalue weighted by atomic mass is 10.00. The van der Waals surface area contributed by atoms with E-state index in [1.54, 1.807) is 13.1 Å². The van der Waals surface area contributed by atoms with Crippen LogP contribution in [0.25, 0.3) is 10.8 Å². The minimum absolute atomic E-state index is 0.0922. The van der Waals surface area contributed by atoms with E-state index in [2.05, 4.69) is 18.1 Å². The van der Waals surface area contributed by atoms with Gasteiger partial charge in [-0.05, 0) is 36.6 Å². The van der Waals surface area contributed by atoms with Gasteiger partial charge in [-0.3, -0.25) is 9.59 Å². The normalized spacial score (nSPS) is 11.0. The van der Waals surface area contributed by atoms with Gasteiger partial charge in [-0.2, -0.15) is 5.10 Å². The molecule has 24 heavy (non-hydrogen) atoms. The van der Waals surface area contributed by atoms with Gasteiger partial charge in [0, 0.05) is 18.9 Å². The number of carbonyl (C=O) groups is 1. The molecule has 1 heterocycles. The van der Waals surface area contributed by atoms with Gasteiger partial charge in [0.15, 0.2) is 0 Å².